The molecule has 5 nitrogen and oxygen atoms in total. The van der Waals surface area contributed by atoms with Crippen molar-refractivity contribution in [2.45, 2.75) is 0 Å². The molecule has 1 fully saturated rings. The predicted molar refractivity (Wildman–Crippen MR) is 103 cm³/mol. The molecule has 1 aliphatic heterocycles. The molecule has 0 atom stereocenters. The van der Waals surface area contributed by atoms with Crippen LogP contribution in [0.3, 0.4) is 0 Å². The van der Waals surface area contributed by atoms with Crippen molar-refractivity contribution >= 4 is 40.6 Å². The number of rotatable bonds is 5. The highest BCUT2D eigenvalue weighted by Gasteiger charge is 2.36. The van der Waals surface area contributed by atoms with Gasteiger partial charge in [0.25, 0.3) is 11.1 Å². The second-order valence-electron chi connectivity index (χ2n) is 5.83. The molecule has 0 aliphatic carbocycles. The van der Waals surface area contributed by atoms with Gasteiger partial charge in [-0.1, -0.05) is 42.5 Å². The fourth-order valence-electron chi connectivity index (χ4n) is 2.42. The maximum Gasteiger partial charge on any atom is 0.294 e. The molecule has 29 heavy (non-hydrogen) atoms. The van der Waals surface area contributed by atoms with Gasteiger partial charge in [-0.25, -0.2) is 13.2 Å². The number of amides is 3. The van der Waals surface area contributed by atoms with Crippen LogP contribution in [0.2, 0.25) is 0 Å². The van der Waals surface area contributed by atoms with Crippen LogP contribution < -0.4 is 5.32 Å². The summed E-state index contributed by atoms with van der Waals surface area (Å²) in [5.41, 5.74) is 0.304. The van der Waals surface area contributed by atoms with Crippen molar-refractivity contribution in [3.8, 4) is 0 Å². The molecule has 0 radical (unpaired) electrons. The molecule has 1 heterocycles. The number of carbonyl (C=O) groups is 3. The van der Waals surface area contributed by atoms with Gasteiger partial charge in [0, 0.05) is 0 Å². The molecular weight excluding hydrogens is 405 g/mol. The summed E-state index contributed by atoms with van der Waals surface area (Å²) < 4.78 is 39.8. The van der Waals surface area contributed by atoms with Gasteiger partial charge in [-0.3, -0.25) is 19.3 Å². The van der Waals surface area contributed by atoms with E-state index in [1.807, 2.05) is 35.6 Å². The number of nitrogens with zero attached hydrogens (tertiary/aromatic N) is 1. The third-order valence-electron chi connectivity index (χ3n) is 3.82. The summed E-state index contributed by atoms with van der Waals surface area (Å²) in [5.74, 6) is -6.32. The standard InChI is InChI=1S/C20H13F3N2O3S/c21-13-9-10-14(18(23)17(13)22)24-16(26)11-25-19(27)15(29-20(25)28)8-4-7-12-5-2-1-3-6-12/h1-10H,11H2,(H,24,26)/b7-4-,15-8+. The molecule has 1 saturated heterocycles. The Morgan fingerprint density at radius 1 is 1.03 bits per heavy atom. The molecule has 3 rings (SSSR count). The molecule has 0 spiro atoms. The van der Waals surface area contributed by atoms with Crippen LogP contribution in [-0.4, -0.2) is 28.5 Å². The monoisotopic (exact) mass is 418 g/mol. The molecule has 2 aromatic rings. The summed E-state index contributed by atoms with van der Waals surface area (Å²) in [6.45, 7) is -0.692. The second kappa shape index (κ2) is 8.78. The summed E-state index contributed by atoms with van der Waals surface area (Å²) >= 11 is 0.656. The SMILES string of the molecule is O=C(CN1C(=O)S/C(=C/C=C\c2ccccc2)C1=O)Nc1ccc(F)c(F)c1F. The average Bonchev–Trinajstić information content (AvgIpc) is 2.97. The number of hydrogen-bond donors (Lipinski definition) is 1. The van der Waals surface area contributed by atoms with Crippen LogP contribution in [-0.2, 0) is 9.59 Å². The lowest BCUT2D eigenvalue weighted by atomic mass is 10.2. The maximum absolute atomic E-state index is 13.6. The van der Waals surface area contributed by atoms with Gasteiger partial charge < -0.3 is 5.32 Å². The van der Waals surface area contributed by atoms with Gasteiger partial charge in [-0.15, -0.1) is 0 Å². The minimum Gasteiger partial charge on any atom is -0.322 e. The van der Waals surface area contributed by atoms with Crippen LogP contribution in [0.1, 0.15) is 5.56 Å². The fourth-order valence-corrected chi connectivity index (χ4v) is 3.21. The Morgan fingerprint density at radius 3 is 2.48 bits per heavy atom. The van der Waals surface area contributed by atoms with Gasteiger partial charge in [0.15, 0.2) is 17.5 Å². The normalized spacial score (nSPS) is 15.6. The molecule has 2 aromatic carbocycles. The van der Waals surface area contributed by atoms with Crippen molar-refractivity contribution in [1.82, 2.24) is 4.90 Å². The first-order chi connectivity index (χ1) is 13.9. The minimum atomic E-state index is -1.73. The molecule has 1 N–H and O–H groups in total. The number of hydrogen-bond acceptors (Lipinski definition) is 4. The first-order valence-corrected chi connectivity index (χ1v) is 9.09. The highest BCUT2D eigenvalue weighted by Crippen LogP contribution is 2.30. The number of thioether (sulfide) groups is 1. The summed E-state index contributed by atoms with van der Waals surface area (Å²) in [6.07, 6.45) is 4.79. The van der Waals surface area contributed by atoms with Crippen LogP contribution in [0.25, 0.3) is 6.08 Å². The van der Waals surface area contributed by atoms with Gasteiger partial charge in [-0.2, -0.15) is 0 Å². The van der Waals surface area contributed by atoms with E-state index in [9.17, 15) is 27.6 Å². The molecule has 0 aromatic heterocycles. The fraction of sp³-hybridized carbons (Fsp3) is 0.0500. The van der Waals surface area contributed by atoms with Crippen molar-refractivity contribution in [3.05, 3.63) is 82.5 Å². The van der Waals surface area contributed by atoms with Crippen molar-refractivity contribution in [2.24, 2.45) is 0 Å². The molecule has 0 saturated carbocycles. The smallest absolute Gasteiger partial charge is 0.294 e. The van der Waals surface area contributed by atoms with Gasteiger partial charge in [-0.05, 0) is 35.5 Å². The van der Waals surface area contributed by atoms with E-state index in [1.54, 1.807) is 12.2 Å². The van der Waals surface area contributed by atoms with Crippen molar-refractivity contribution in [2.75, 3.05) is 11.9 Å². The van der Waals surface area contributed by atoms with E-state index in [-0.39, 0.29) is 4.91 Å². The average molecular weight is 418 g/mol. The quantitative estimate of drug-likeness (QED) is 0.580. The van der Waals surface area contributed by atoms with E-state index in [4.69, 9.17) is 0 Å². The number of nitrogens with one attached hydrogen (secondary N) is 1. The molecule has 148 valence electrons. The molecular formula is C20H13F3N2O3S. The molecule has 0 bridgehead atoms. The minimum absolute atomic E-state index is 0.119. The zero-order valence-corrected chi connectivity index (χ0v) is 15.5. The first-order valence-electron chi connectivity index (χ1n) is 8.27. The summed E-state index contributed by atoms with van der Waals surface area (Å²) in [6, 6.07) is 10.8. The van der Waals surface area contributed by atoms with Crippen LogP contribution in [0.5, 0.6) is 0 Å². The Morgan fingerprint density at radius 2 is 1.76 bits per heavy atom. The maximum atomic E-state index is 13.6. The Balaban J connectivity index is 1.65. The lowest BCUT2D eigenvalue weighted by Gasteiger charge is -2.13. The molecule has 9 heteroatoms. The van der Waals surface area contributed by atoms with Crippen LogP contribution in [0, 0.1) is 17.5 Å². The Bertz CT molecular complexity index is 1040. The number of halogens is 3. The summed E-state index contributed by atoms with van der Waals surface area (Å²) in [4.78, 5) is 37.2. The second-order valence-corrected chi connectivity index (χ2v) is 6.82. The van der Waals surface area contributed by atoms with Crippen LogP contribution in [0.4, 0.5) is 23.7 Å². The zero-order valence-electron chi connectivity index (χ0n) is 14.7. The third kappa shape index (κ3) is 4.75. The lowest BCUT2D eigenvalue weighted by Crippen LogP contribution is -2.36. The number of allylic oxidation sites excluding steroid dienone is 2. The van der Waals surface area contributed by atoms with Crippen molar-refractivity contribution in [3.63, 3.8) is 0 Å². The van der Waals surface area contributed by atoms with E-state index < -0.39 is 46.7 Å². The first kappa shape index (κ1) is 20.4. The van der Waals surface area contributed by atoms with E-state index in [0.717, 1.165) is 11.6 Å². The lowest BCUT2D eigenvalue weighted by molar-refractivity contribution is -0.127. The molecule has 3 amide bonds. The zero-order chi connectivity index (χ0) is 21.0. The van der Waals surface area contributed by atoms with E-state index in [0.29, 0.717) is 22.7 Å². The summed E-state index contributed by atoms with van der Waals surface area (Å²) in [7, 11) is 0. The van der Waals surface area contributed by atoms with E-state index >= 15 is 0 Å². The molecule has 0 unspecified atom stereocenters. The Hall–Kier alpha value is -3.33. The highest BCUT2D eigenvalue weighted by atomic mass is 32.2. The van der Waals surface area contributed by atoms with E-state index in [2.05, 4.69) is 0 Å². The van der Waals surface area contributed by atoms with Crippen LogP contribution in [0.15, 0.2) is 59.5 Å². The third-order valence-corrected chi connectivity index (χ3v) is 4.75. The molecule has 1 aliphatic rings. The van der Waals surface area contributed by atoms with E-state index in [1.165, 1.54) is 6.08 Å². The highest BCUT2D eigenvalue weighted by molar-refractivity contribution is 8.18. The largest absolute Gasteiger partial charge is 0.322 e. The predicted octanol–water partition coefficient (Wildman–Crippen LogP) is 4.34. The van der Waals surface area contributed by atoms with Gasteiger partial charge in [0.05, 0.1) is 10.6 Å². The topological polar surface area (TPSA) is 66.5 Å². The van der Waals surface area contributed by atoms with Gasteiger partial charge >= 0.3 is 0 Å². The van der Waals surface area contributed by atoms with Crippen LogP contribution >= 0.6 is 11.8 Å². The van der Waals surface area contributed by atoms with Gasteiger partial charge in [0.2, 0.25) is 5.91 Å². The van der Waals surface area contributed by atoms with Crippen molar-refractivity contribution in [1.29, 1.82) is 0 Å². The number of imide groups is 1. The number of carbonyl (C=O) groups excluding carboxylic acids is 3. The number of benzene rings is 2. The number of anilines is 1. The Kier molecular flexibility index (Phi) is 6.18. The Labute approximate surface area is 167 Å². The van der Waals surface area contributed by atoms with Crippen molar-refractivity contribution < 1.29 is 27.6 Å². The van der Waals surface area contributed by atoms with Gasteiger partial charge in [0.1, 0.15) is 6.54 Å². The summed E-state index contributed by atoms with van der Waals surface area (Å²) in [5, 5.41) is 1.35.